The van der Waals surface area contributed by atoms with Crippen LogP contribution in [0.3, 0.4) is 0 Å². The first-order chi connectivity index (χ1) is 10.5. The Labute approximate surface area is 136 Å². The number of hydrogen-bond donors (Lipinski definition) is 2. The molecule has 0 aromatic rings. The minimum Gasteiger partial charge on any atom is -0.385 e. The van der Waals surface area contributed by atoms with E-state index in [0.29, 0.717) is 12.0 Å². The quantitative estimate of drug-likeness (QED) is 0.430. The van der Waals surface area contributed by atoms with Gasteiger partial charge < -0.3 is 20.1 Å². The summed E-state index contributed by atoms with van der Waals surface area (Å²) in [6, 6.07) is 0. The Morgan fingerprint density at radius 3 is 2.73 bits per heavy atom. The molecule has 130 valence electrons. The van der Waals surface area contributed by atoms with Crippen LogP contribution in [0.5, 0.6) is 0 Å². The van der Waals surface area contributed by atoms with E-state index in [1.807, 2.05) is 0 Å². The van der Waals surface area contributed by atoms with Crippen LogP contribution in [0, 0.1) is 11.3 Å². The van der Waals surface area contributed by atoms with Crippen molar-refractivity contribution in [3.63, 3.8) is 0 Å². The molecule has 0 amide bonds. The number of ether oxygens (including phenoxy) is 2. The van der Waals surface area contributed by atoms with Crippen molar-refractivity contribution in [1.29, 1.82) is 0 Å². The van der Waals surface area contributed by atoms with E-state index in [1.165, 1.54) is 6.42 Å². The van der Waals surface area contributed by atoms with Crippen LogP contribution in [0.4, 0.5) is 0 Å². The van der Waals surface area contributed by atoms with E-state index in [9.17, 15) is 0 Å². The fourth-order valence-corrected chi connectivity index (χ4v) is 2.96. The van der Waals surface area contributed by atoms with Crippen LogP contribution >= 0.6 is 0 Å². The average molecular weight is 313 g/mol. The Morgan fingerprint density at radius 2 is 2.09 bits per heavy atom. The second-order valence-corrected chi connectivity index (χ2v) is 7.05. The SMILES string of the molecule is CCNC(=NCC1CCCOC1C(C)(C)C)NCCCOC. The summed E-state index contributed by atoms with van der Waals surface area (Å²) in [4.78, 5) is 4.77. The fourth-order valence-electron chi connectivity index (χ4n) is 2.96. The Balaban J connectivity index is 2.54. The van der Waals surface area contributed by atoms with Crippen molar-refractivity contribution >= 4 is 5.96 Å². The molecule has 1 aliphatic rings. The molecule has 0 spiro atoms. The highest BCUT2D eigenvalue weighted by molar-refractivity contribution is 5.79. The Morgan fingerprint density at radius 1 is 1.32 bits per heavy atom. The molecule has 1 fully saturated rings. The van der Waals surface area contributed by atoms with Gasteiger partial charge in [-0.25, -0.2) is 0 Å². The molecule has 1 aliphatic heterocycles. The zero-order chi connectivity index (χ0) is 16.4. The highest BCUT2D eigenvalue weighted by atomic mass is 16.5. The number of hydrogen-bond acceptors (Lipinski definition) is 3. The predicted octanol–water partition coefficient (Wildman–Crippen LogP) is 2.42. The van der Waals surface area contributed by atoms with Crippen LogP contribution < -0.4 is 10.6 Å². The maximum atomic E-state index is 6.03. The van der Waals surface area contributed by atoms with Gasteiger partial charge >= 0.3 is 0 Å². The van der Waals surface area contributed by atoms with Gasteiger partial charge in [0.05, 0.1) is 6.10 Å². The molecule has 0 bridgehead atoms. The van der Waals surface area contributed by atoms with E-state index in [1.54, 1.807) is 7.11 Å². The number of methoxy groups -OCH3 is 1. The summed E-state index contributed by atoms with van der Waals surface area (Å²) in [6.45, 7) is 13.1. The third kappa shape index (κ3) is 6.97. The van der Waals surface area contributed by atoms with Gasteiger partial charge in [-0.3, -0.25) is 4.99 Å². The van der Waals surface area contributed by atoms with Gasteiger partial charge in [0.2, 0.25) is 0 Å². The van der Waals surface area contributed by atoms with E-state index in [4.69, 9.17) is 14.5 Å². The largest absolute Gasteiger partial charge is 0.385 e. The van der Waals surface area contributed by atoms with Crippen LogP contribution in [0.2, 0.25) is 0 Å². The first-order valence-electron chi connectivity index (χ1n) is 8.61. The number of aliphatic imine (C=N–C) groups is 1. The minimum absolute atomic E-state index is 0.171. The normalized spacial score (nSPS) is 23.4. The average Bonchev–Trinajstić information content (AvgIpc) is 2.48. The number of nitrogens with zero attached hydrogens (tertiary/aromatic N) is 1. The zero-order valence-electron chi connectivity index (χ0n) is 15.1. The van der Waals surface area contributed by atoms with E-state index in [0.717, 1.165) is 51.6 Å². The maximum Gasteiger partial charge on any atom is 0.191 e. The Bertz CT molecular complexity index is 326. The van der Waals surface area contributed by atoms with Crippen molar-refractivity contribution in [2.24, 2.45) is 16.3 Å². The highest BCUT2D eigenvalue weighted by Gasteiger charge is 2.35. The van der Waals surface area contributed by atoms with Gasteiger partial charge in [0.1, 0.15) is 0 Å². The lowest BCUT2D eigenvalue weighted by Crippen LogP contribution is -2.43. The topological polar surface area (TPSA) is 54.9 Å². The van der Waals surface area contributed by atoms with Crippen LogP contribution in [-0.2, 0) is 9.47 Å². The van der Waals surface area contributed by atoms with Crippen molar-refractivity contribution in [3.8, 4) is 0 Å². The fraction of sp³-hybridized carbons (Fsp3) is 0.941. The molecular formula is C17H35N3O2. The van der Waals surface area contributed by atoms with Crippen molar-refractivity contribution in [3.05, 3.63) is 0 Å². The molecule has 1 rings (SSSR count). The first kappa shape index (κ1) is 19.2. The maximum absolute atomic E-state index is 6.03. The molecule has 5 nitrogen and oxygen atoms in total. The number of guanidine groups is 1. The van der Waals surface area contributed by atoms with Gasteiger partial charge in [0, 0.05) is 45.9 Å². The summed E-state index contributed by atoms with van der Waals surface area (Å²) in [7, 11) is 1.73. The van der Waals surface area contributed by atoms with Gasteiger partial charge in [-0.05, 0) is 31.6 Å². The van der Waals surface area contributed by atoms with Crippen LogP contribution in [0.1, 0.15) is 47.0 Å². The molecule has 0 saturated carbocycles. The summed E-state index contributed by atoms with van der Waals surface area (Å²) in [5.74, 6) is 1.40. The van der Waals surface area contributed by atoms with E-state index in [-0.39, 0.29) is 5.41 Å². The minimum atomic E-state index is 0.171. The van der Waals surface area contributed by atoms with Gasteiger partial charge in [-0.15, -0.1) is 0 Å². The molecular weight excluding hydrogens is 278 g/mol. The van der Waals surface area contributed by atoms with Crippen LogP contribution in [-0.4, -0.2) is 52.0 Å². The van der Waals surface area contributed by atoms with E-state index in [2.05, 4.69) is 38.3 Å². The molecule has 0 aromatic heterocycles. The van der Waals surface area contributed by atoms with Gasteiger partial charge in [-0.1, -0.05) is 20.8 Å². The molecule has 0 radical (unpaired) electrons. The summed E-state index contributed by atoms with van der Waals surface area (Å²) >= 11 is 0. The van der Waals surface area contributed by atoms with Crippen molar-refractivity contribution in [1.82, 2.24) is 10.6 Å². The highest BCUT2D eigenvalue weighted by Crippen LogP contribution is 2.34. The standard InChI is InChI=1S/C17H35N3O2/c1-6-18-16(19-10-8-11-21-5)20-13-14-9-7-12-22-15(14)17(2,3)4/h14-15H,6-13H2,1-5H3,(H2,18,19,20). The molecule has 5 heteroatoms. The zero-order valence-corrected chi connectivity index (χ0v) is 15.1. The van der Waals surface area contributed by atoms with E-state index >= 15 is 0 Å². The van der Waals surface area contributed by atoms with Gasteiger partial charge in [-0.2, -0.15) is 0 Å². The smallest absolute Gasteiger partial charge is 0.191 e. The van der Waals surface area contributed by atoms with Gasteiger partial charge in [0.25, 0.3) is 0 Å². The number of nitrogens with one attached hydrogen (secondary N) is 2. The summed E-state index contributed by atoms with van der Waals surface area (Å²) in [5.41, 5.74) is 0.171. The lowest BCUT2D eigenvalue weighted by molar-refractivity contribution is -0.0823. The molecule has 2 N–H and O–H groups in total. The molecule has 22 heavy (non-hydrogen) atoms. The second-order valence-electron chi connectivity index (χ2n) is 7.05. The van der Waals surface area contributed by atoms with Gasteiger partial charge in [0.15, 0.2) is 5.96 Å². The number of rotatable bonds is 7. The predicted molar refractivity (Wildman–Crippen MR) is 92.4 cm³/mol. The van der Waals surface area contributed by atoms with Crippen molar-refractivity contribution in [2.75, 3.05) is 40.0 Å². The molecule has 1 saturated heterocycles. The van der Waals surface area contributed by atoms with Crippen LogP contribution in [0.25, 0.3) is 0 Å². The Kier molecular flexibility index (Phi) is 8.79. The molecule has 1 heterocycles. The molecule has 2 unspecified atom stereocenters. The summed E-state index contributed by atoms with van der Waals surface area (Å²) < 4.78 is 11.1. The Hall–Kier alpha value is -0.810. The third-order valence-corrected chi connectivity index (χ3v) is 3.94. The molecule has 0 aliphatic carbocycles. The molecule has 2 atom stereocenters. The lowest BCUT2D eigenvalue weighted by Gasteiger charge is -2.39. The van der Waals surface area contributed by atoms with Crippen LogP contribution in [0.15, 0.2) is 4.99 Å². The summed E-state index contributed by atoms with van der Waals surface area (Å²) in [6.07, 6.45) is 3.62. The first-order valence-corrected chi connectivity index (χ1v) is 8.61. The second kappa shape index (κ2) is 10.1. The third-order valence-electron chi connectivity index (χ3n) is 3.94. The summed E-state index contributed by atoms with van der Waals surface area (Å²) in [5, 5.41) is 6.68. The molecule has 0 aromatic carbocycles. The lowest BCUT2D eigenvalue weighted by atomic mass is 9.78. The van der Waals surface area contributed by atoms with Crippen molar-refractivity contribution in [2.45, 2.75) is 53.1 Å². The monoisotopic (exact) mass is 313 g/mol. The van der Waals surface area contributed by atoms with Crippen molar-refractivity contribution < 1.29 is 9.47 Å². The van der Waals surface area contributed by atoms with E-state index < -0.39 is 0 Å².